The quantitative estimate of drug-likeness (QED) is 0.746. The number of hydrogen-bond acceptors (Lipinski definition) is 2. The van der Waals surface area contributed by atoms with Crippen molar-refractivity contribution in [2.75, 3.05) is 26.2 Å². The molecular weight excluding hydrogens is 208 g/mol. The van der Waals surface area contributed by atoms with Gasteiger partial charge in [0, 0.05) is 38.3 Å². The first-order valence-corrected chi connectivity index (χ1v) is 7.65. The Hall–Kier alpha value is -0.0800. The molecule has 2 nitrogen and oxygen atoms in total. The highest BCUT2D eigenvalue weighted by Crippen LogP contribution is 2.25. The smallest absolute Gasteiger partial charge is 0.0198 e. The van der Waals surface area contributed by atoms with E-state index in [1.54, 1.807) is 0 Å². The van der Waals surface area contributed by atoms with Crippen molar-refractivity contribution < 1.29 is 0 Å². The fourth-order valence-electron chi connectivity index (χ4n) is 3.71. The van der Waals surface area contributed by atoms with Crippen LogP contribution in [-0.4, -0.2) is 48.1 Å². The first-order valence-electron chi connectivity index (χ1n) is 7.65. The van der Waals surface area contributed by atoms with Crippen LogP contribution in [0.1, 0.15) is 52.9 Å². The molecule has 0 aromatic carbocycles. The molecule has 0 unspecified atom stereocenters. The first kappa shape index (κ1) is 13.4. The van der Waals surface area contributed by atoms with Crippen molar-refractivity contribution in [3.63, 3.8) is 0 Å². The highest BCUT2D eigenvalue weighted by molar-refractivity contribution is 4.82. The highest BCUT2D eigenvalue weighted by Gasteiger charge is 2.27. The molecule has 2 aliphatic rings. The van der Waals surface area contributed by atoms with Crippen LogP contribution in [0.3, 0.4) is 0 Å². The minimum Gasteiger partial charge on any atom is -0.300 e. The van der Waals surface area contributed by atoms with Crippen molar-refractivity contribution in [3.8, 4) is 0 Å². The monoisotopic (exact) mass is 238 g/mol. The Kier molecular flexibility index (Phi) is 4.87. The van der Waals surface area contributed by atoms with Gasteiger partial charge >= 0.3 is 0 Å². The van der Waals surface area contributed by atoms with Crippen LogP contribution >= 0.6 is 0 Å². The topological polar surface area (TPSA) is 6.48 Å². The fraction of sp³-hybridized carbons (Fsp3) is 1.00. The van der Waals surface area contributed by atoms with E-state index in [0.29, 0.717) is 6.04 Å². The average Bonchev–Trinajstić information content (AvgIpc) is 2.30. The van der Waals surface area contributed by atoms with E-state index in [1.807, 2.05) is 0 Å². The van der Waals surface area contributed by atoms with E-state index in [2.05, 4.69) is 30.6 Å². The largest absolute Gasteiger partial charge is 0.300 e. The van der Waals surface area contributed by atoms with Gasteiger partial charge in [-0.15, -0.1) is 0 Å². The summed E-state index contributed by atoms with van der Waals surface area (Å²) in [5.74, 6) is 1.00. The highest BCUT2D eigenvalue weighted by atomic mass is 15.3. The molecule has 17 heavy (non-hydrogen) atoms. The molecule has 2 rings (SSSR count). The van der Waals surface area contributed by atoms with E-state index in [0.717, 1.165) is 12.0 Å². The lowest BCUT2D eigenvalue weighted by atomic mass is 9.88. The van der Waals surface area contributed by atoms with Crippen molar-refractivity contribution >= 4 is 0 Å². The first-order chi connectivity index (χ1) is 8.16. The lowest BCUT2D eigenvalue weighted by Crippen LogP contribution is -2.54. The summed E-state index contributed by atoms with van der Waals surface area (Å²) in [6.45, 7) is 12.3. The summed E-state index contributed by atoms with van der Waals surface area (Å²) in [5, 5.41) is 0. The minimum atomic E-state index is 0.710. The Bertz CT molecular complexity index is 221. The van der Waals surface area contributed by atoms with Gasteiger partial charge in [0.1, 0.15) is 0 Å². The van der Waals surface area contributed by atoms with E-state index in [4.69, 9.17) is 0 Å². The van der Waals surface area contributed by atoms with Gasteiger partial charge in [-0.05, 0) is 39.5 Å². The zero-order chi connectivity index (χ0) is 12.3. The zero-order valence-electron chi connectivity index (χ0n) is 12.0. The van der Waals surface area contributed by atoms with Gasteiger partial charge in [0.2, 0.25) is 0 Å². The molecular formula is C15H30N2. The molecule has 0 aromatic rings. The lowest BCUT2D eigenvalue weighted by molar-refractivity contribution is 0.0485. The van der Waals surface area contributed by atoms with Crippen molar-refractivity contribution in [2.24, 2.45) is 5.92 Å². The van der Waals surface area contributed by atoms with Gasteiger partial charge in [-0.2, -0.15) is 0 Å². The van der Waals surface area contributed by atoms with Gasteiger partial charge in [0.05, 0.1) is 0 Å². The molecule has 2 heteroatoms. The Morgan fingerprint density at radius 3 is 2.35 bits per heavy atom. The second-order valence-electron chi connectivity index (χ2n) is 6.44. The van der Waals surface area contributed by atoms with Crippen LogP contribution in [0.4, 0.5) is 0 Å². The number of rotatable bonds is 3. The Labute approximate surface area is 107 Å². The Morgan fingerprint density at radius 1 is 1.06 bits per heavy atom. The molecule has 0 amide bonds. The fourth-order valence-corrected chi connectivity index (χ4v) is 3.71. The molecule has 1 atom stereocenters. The normalized spacial score (nSPS) is 30.0. The summed E-state index contributed by atoms with van der Waals surface area (Å²) in [6, 6.07) is 1.45. The maximum absolute atomic E-state index is 2.72. The Morgan fingerprint density at radius 2 is 1.76 bits per heavy atom. The summed E-state index contributed by atoms with van der Waals surface area (Å²) in [5.41, 5.74) is 0. The SMILES string of the molecule is CC(C)N1CCN(CC2CCCCC2)C[C@@H]1C. The summed E-state index contributed by atoms with van der Waals surface area (Å²) >= 11 is 0. The summed E-state index contributed by atoms with van der Waals surface area (Å²) in [7, 11) is 0. The van der Waals surface area contributed by atoms with Gasteiger partial charge < -0.3 is 4.90 Å². The molecule has 1 heterocycles. The molecule has 0 N–H and O–H groups in total. The maximum atomic E-state index is 2.72. The second-order valence-corrected chi connectivity index (χ2v) is 6.44. The van der Waals surface area contributed by atoms with E-state index >= 15 is 0 Å². The predicted molar refractivity (Wildman–Crippen MR) is 74.3 cm³/mol. The van der Waals surface area contributed by atoms with Gasteiger partial charge in [0.25, 0.3) is 0 Å². The third-order valence-electron chi connectivity index (χ3n) is 4.67. The molecule has 100 valence electrons. The van der Waals surface area contributed by atoms with Crippen molar-refractivity contribution in [3.05, 3.63) is 0 Å². The van der Waals surface area contributed by atoms with Crippen molar-refractivity contribution in [1.29, 1.82) is 0 Å². The summed E-state index contributed by atoms with van der Waals surface area (Å²) in [4.78, 5) is 5.37. The van der Waals surface area contributed by atoms with E-state index in [1.165, 1.54) is 58.3 Å². The molecule has 0 bridgehead atoms. The van der Waals surface area contributed by atoms with Gasteiger partial charge in [-0.1, -0.05) is 19.3 Å². The third-order valence-corrected chi connectivity index (χ3v) is 4.67. The van der Waals surface area contributed by atoms with E-state index < -0.39 is 0 Å². The van der Waals surface area contributed by atoms with Gasteiger partial charge in [0.15, 0.2) is 0 Å². The zero-order valence-corrected chi connectivity index (χ0v) is 12.0. The third kappa shape index (κ3) is 3.69. The van der Waals surface area contributed by atoms with E-state index in [9.17, 15) is 0 Å². The van der Waals surface area contributed by atoms with Crippen molar-refractivity contribution in [2.45, 2.75) is 65.0 Å². The summed E-state index contributed by atoms with van der Waals surface area (Å²) < 4.78 is 0. The molecule has 0 aromatic heterocycles. The van der Waals surface area contributed by atoms with E-state index in [-0.39, 0.29) is 0 Å². The van der Waals surface area contributed by atoms with Crippen LogP contribution in [-0.2, 0) is 0 Å². The lowest BCUT2D eigenvalue weighted by Gasteiger charge is -2.43. The molecule has 2 fully saturated rings. The number of piperazine rings is 1. The standard InChI is InChI=1S/C15H30N2/c1-13(2)17-10-9-16(11-14(17)3)12-15-7-5-4-6-8-15/h13-15H,4-12H2,1-3H3/t14-/m0/s1. The molecule has 1 aliphatic carbocycles. The van der Waals surface area contributed by atoms with Crippen molar-refractivity contribution in [1.82, 2.24) is 9.80 Å². The minimum absolute atomic E-state index is 0.710. The van der Waals surface area contributed by atoms with Crippen LogP contribution < -0.4 is 0 Å². The number of nitrogens with zero attached hydrogens (tertiary/aromatic N) is 2. The predicted octanol–water partition coefficient (Wildman–Crippen LogP) is 2.98. The van der Waals surface area contributed by atoms with Crippen LogP contribution in [0.25, 0.3) is 0 Å². The van der Waals surface area contributed by atoms with Gasteiger partial charge in [-0.25, -0.2) is 0 Å². The molecule has 1 aliphatic heterocycles. The molecule has 1 saturated carbocycles. The van der Waals surface area contributed by atoms with Crippen LogP contribution in [0.5, 0.6) is 0 Å². The average molecular weight is 238 g/mol. The molecule has 0 spiro atoms. The number of hydrogen-bond donors (Lipinski definition) is 0. The van der Waals surface area contributed by atoms with Crippen LogP contribution in [0, 0.1) is 5.92 Å². The van der Waals surface area contributed by atoms with Gasteiger partial charge in [-0.3, -0.25) is 4.90 Å². The van der Waals surface area contributed by atoms with Crippen LogP contribution in [0.15, 0.2) is 0 Å². The van der Waals surface area contributed by atoms with Crippen LogP contribution in [0.2, 0.25) is 0 Å². The second kappa shape index (κ2) is 6.19. The summed E-state index contributed by atoms with van der Waals surface area (Å²) in [6.07, 6.45) is 7.41. The Balaban J connectivity index is 1.76. The molecule has 1 saturated heterocycles. The molecule has 0 radical (unpaired) electrons. The maximum Gasteiger partial charge on any atom is 0.0198 e.